The molecule has 3 unspecified atom stereocenters. The van der Waals surface area contributed by atoms with Gasteiger partial charge in [0, 0.05) is 6.42 Å². The number of rotatable bonds is 50. The fourth-order valence-electron chi connectivity index (χ4n) is 8.47. The summed E-state index contributed by atoms with van der Waals surface area (Å²) < 4.78 is 0. The Morgan fingerprint density at radius 3 is 1.00 bits per heavy atom. The Morgan fingerprint density at radius 1 is 0.393 bits per heavy atom. The van der Waals surface area contributed by atoms with Crippen LogP contribution in [0.2, 0.25) is 0 Å². The molecule has 0 saturated carbocycles. The number of aliphatic hydroxyl groups is 3. The van der Waals surface area contributed by atoms with E-state index in [0.29, 0.717) is 12.8 Å². The maximum absolute atomic E-state index is 12.5. The van der Waals surface area contributed by atoms with Gasteiger partial charge in [-0.2, -0.15) is 0 Å². The van der Waals surface area contributed by atoms with Crippen molar-refractivity contribution in [2.45, 2.75) is 308 Å². The van der Waals surface area contributed by atoms with E-state index >= 15 is 0 Å². The predicted molar refractivity (Wildman–Crippen MR) is 268 cm³/mol. The largest absolute Gasteiger partial charge is 0.394 e. The molecule has 0 aliphatic carbocycles. The maximum atomic E-state index is 12.5. The van der Waals surface area contributed by atoms with Crippen LogP contribution in [0.3, 0.4) is 0 Å². The average molecular weight is 858 g/mol. The first-order chi connectivity index (χ1) is 30.1. The summed E-state index contributed by atoms with van der Waals surface area (Å²) in [6.45, 7) is 4.19. The lowest BCUT2D eigenvalue weighted by Crippen LogP contribution is -2.50. The zero-order chi connectivity index (χ0) is 44.4. The minimum Gasteiger partial charge on any atom is -0.394 e. The molecule has 0 heterocycles. The first-order valence-corrected chi connectivity index (χ1v) is 27.3. The highest BCUT2D eigenvalue weighted by Gasteiger charge is 2.26. The average Bonchev–Trinajstić information content (AvgIpc) is 3.26. The van der Waals surface area contributed by atoms with E-state index in [1.54, 1.807) is 0 Å². The highest BCUT2D eigenvalue weighted by atomic mass is 16.3. The van der Waals surface area contributed by atoms with Gasteiger partial charge in [-0.3, -0.25) is 4.79 Å². The summed E-state index contributed by atoms with van der Waals surface area (Å²) in [7, 11) is 0. The third-order valence-corrected chi connectivity index (χ3v) is 12.7. The van der Waals surface area contributed by atoms with Gasteiger partial charge in [-0.15, -0.1) is 0 Å². The molecule has 0 aromatic carbocycles. The highest BCUT2D eigenvalue weighted by molar-refractivity contribution is 5.76. The standard InChI is InChI=1S/C56H107NO4/c1-3-5-7-9-11-13-15-17-19-21-23-24-25-26-27-28-29-30-31-33-35-37-39-41-43-45-47-49-51-55(60)57-53(52-58)56(61)54(59)50-48-46-44-42-40-38-36-34-32-22-20-18-16-14-12-10-8-6-4-2/h26-27,34,36,42,44,53-54,56,58-59,61H,3-25,28-33,35,37-41,43,45-52H2,1-2H3,(H,57,60)/b27-26-,36-34+,44-42+. The van der Waals surface area contributed by atoms with Crippen LogP contribution in [-0.4, -0.2) is 46.1 Å². The lowest BCUT2D eigenvalue weighted by molar-refractivity contribution is -0.124. The minimum atomic E-state index is -1.17. The van der Waals surface area contributed by atoms with Crippen molar-refractivity contribution in [1.82, 2.24) is 5.32 Å². The molecule has 360 valence electrons. The monoisotopic (exact) mass is 858 g/mol. The summed E-state index contributed by atoms with van der Waals surface area (Å²) in [5, 5.41) is 33.7. The molecule has 0 fully saturated rings. The van der Waals surface area contributed by atoms with Gasteiger partial charge in [0.2, 0.25) is 5.91 Å². The van der Waals surface area contributed by atoms with E-state index in [0.717, 1.165) is 44.9 Å². The summed E-state index contributed by atoms with van der Waals surface area (Å²) in [6.07, 6.45) is 65.8. The van der Waals surface area contributed by atoms with Gasteiger partial charge in [0.05, 0.1) is 18.8 Å². The molecule has 0 aromatic rings. The predicted octanol–water partition coefficient (Wildman–Crippen LogP) is 16.7. The Hall–Kier alpha value is -1.43. The number of hydrogen-bond acceptors (Lipinski definition) is 4. The van der Waals surface area contributed by atoms with Crippen molar-refractivity contribution in [1.29, 1.82) is 0 Å². The molecule has 0 spiro atoms. The van der Waals surface area contributed by atoms with Gasteiger partial charge in [-0.25, -0.2) is 0 Å². The molecule has 0 bridgehead atoms. The molecule has 0 saturated heterocycles. The number of hydrogen-bond donors (Lipinski definition) is 4. The van der Waals surface area contributed by atoms with Gasteiger partial charge in [0.15, 0.2) is 0 Å². The number of aliphatic hydroxyl groups excluding tert-OH is 3. The second kappa shape index (κ2) is 51.2. The van der Waals surface area contributed by atoms with Crippen LogP contribution in [-0.2, 0) is 4.79 Å². The molecule has 61 heavy (non-hydrogen) atoms. The molecule has 3 atom stereocenters. The van der Waals surface area contributed by atoms with Crippen LogP contribution in [0.4, 0.5) is 0 Å². The third kappa shape index (κ3) is 46.4. The molecule has 0 aliphatic heterocycles. The smallest absolute Gasteiger partial charge is 0.220 e. The van der Waals surface area contributed by atoms with Gasteiger partial charge >= 0.3 is 0 Å². The fourth-order valence-corrected chi connectivity index (χ4v) is 8.47. The summed E-state index contributed by atoms with van der Waals surface area (Å²) in [6, 6.07) is -0.833. The molecular formula is C56H107NO4. The number of nitrogens with one attached hydrogen (secondary N) is 1. The van der Waals surface area contributed by atoms with Crippen molar-refractivity contribution in [3.63, 3.8) is 0 Å². The van der Waals surface area contributed by atoms with Crippen molar-refractivity contribution >= 4 is 5.91 Å². The van der Waals surface area contributed by atoms with Crippen molar-refractivity contribution in [2.24, 2.45) is 0 Å². The molecule has 5 nitrogen and oxygen atoms in total. The van der Waals surface area contributed by atoms with Crippen molar-refractivity contribution in [2.75, 3.05) is 6.61 Å². The van der Waals surface area contributed by atoms with Gasteiger partial charge < -0.3 is 20.6 Å². The number of allylic oxidation sites excluding steroid dienone is 6. The molecule has 0 rings (SSSR count). The fraction of sp³-hybridized carbons (Fsp3) is 0.875. The van der Waals surface area contributed by atoms with E-state index in [-0.39, 0.29) is 12.5 Å². The Balaban J connectivity index is 3.58. The second-order valence-electron chi connectivity index (χ2n) is 18.8. The van der Waals surface area contributed by atoms with E-state index in [9.17, 15) is 20.1 Å². The highest BCUT2D eigenvalue weighted by Crippen LogP contribution is 2.16. The minimum absolute atomic E-state index is 0.156. The first-order valence-electron chi connectivity index (χ1n) is 27.3. The maximum Gasteiger partial charge on any atom is 0.220 e. The Kier molecular flexibility index (Phi) is 50.0. The third-order valence-electron chi connectivity index (χ3n) is 12.7. The molecule has 4 N–H and O–H groups in total. The van der Waals surface area contributed by atoms with Crippen molar-refractivity contribution < 1.29 is 20.1 Å². The van der Waals surface area contributed by atoms with Crippen LogP contribution in [0.15, 0.2) is 36.5 Å². The van der Waals surface area contributed by atoms with Crippen molar-refractivity contribution in [3.05, 3.63) is 36.5 Å². The van der Waals surface area contributed by atoms with Crippen LogP contribution in [0.1, 0.15) is 290 Å². The van der Waals surface area contributed by atoms with Crippen molar-refractivity contribution in [3.8, 4) is 0 Å². The van der Waals surface area contributed by atoms with Crippen LogP contribution in [0.5, 0.6) is 0 Å². The van der Waals surface area contributed by atoms with E-state index in [2.05, 4.69) is 55.6 Å². The summed E-state index contributed by atoms with van der Waals surface area (Å²) in [4.78, 5) is 12.5. The first kappa shape index (κ1) is 59.6. The molecule has 0 radical (unpaired) electrons. The number of carbonyl (C=O) groups is 1. The van der Waals surface area contributed by atoms with Crippen LogP contribution >= 0.6 is 0 Å². The Morgan fingerprint density at radius 2 is 0.672 bits per heavy atom. The molecule has 0 aliphatic rings. The zero-order valence-corrected chi connectivity index (χ0v) is 41.1. The molecular weight excluding hydrogens is 751 g/mol. The molecule has 1 amide bonds. The molecule has 5 heteroatoms. The van der Waals surface area contributed by atoms with Gasteiger partial charge in [-0.1, -0.05) is 243 Å². The number of amides is 1. The van der Waals surface area contributed by atoms with E-state index in [1.165, 1.54) is 218 Å². The number of carbonyl (C=O) groups excluding carboxylic acids is 1. The lowest BCUT2D eigenvalue weighted by Gasteiger charge is -2.26. The summed E-state index contributed by atoms with van der Waals surface area (Å²) >= 11 is 0. The van der Waals surface area contributed by atoms with Gasteiger partial charge in [0.25, 0.3) is 0 Å². The molecule has 0 aromatic heterocycles. The van der Waals surface area contributed by atoms with E-state index in [1.807, 2.05) is 0 Å². The van der Waals surface area contributed by atoms with Crippen LogP contribution in [0.25, 0.3) is 0 Å². The topological polar surface area (TPSA) is 89.8 Å². The van der Waals surface area contributed by atoms with Gasteiger partial charge in [0.1, 0.15) is 6.10 Å². The van der Waals surface area contributed by atoms with Crippen LogP contribution < -0.4 is 5.32 Å². The Bertz CT molecular complexity index is 947. The zero-order valence-electron chi connectivity index (χ0n) is 41.1. The van der Waals surface area contributed by atoms with E-state index in [4.69, 9.17) is 0 Å². The second-order valence-corrected chi connectivity index (χ2v) is 18.8. The summed E-state index contributed by atoms with van der Waals surface area (Å²) in [5.74, 6) is -0.156. The van der Waals surface area contributed by atoms with Gasteiger partial charge in [-0.05, 0) is 77.0 Å². The summed E-state index contributed by atoms with van der Waals surface area (Å²) in [5.41, 5.74) is 0. The Labute approximate surface area is 381 Å². The lowest BCUT2D eigenvalue weighted by atomic mass is 10.0. The SMILES string of the molecule is CCCCCCCCCCCC/C=C/CC/C=C/CCCC(O)C(O)C(CO)NC(=O)CCCCCCCCCCCCCC/C=C\CCCCCCCCCCCCCC. The number of unbranched alkanes of at least 4 members (excludes halogenated alkanes) is 36. The normalized spacial score (nSPS) is 13.6. The quantitative estimate of drug-likeness (QED) is 0.0362. The van der Waals surface area contributed by atoms with Crippen LogP contribution in [0, 0.1) is 0 Å². The van der Waals surface area contributed by atoms with E-state index < -0.39 is 18.2 Å².